The van der Waals surface area contributed by atoms with Gasteiger partial charge in [-0.3, -0.25) is 13.9 Å². The lowest BCUT2D eigenvalue weighted by Crippen LogP contribution is -2.49. The summed E-state index contributed by atoms with van der Waals surface area (Å²) < 4.78 is 31.4. The van der Waals surface area contributed by atoms with E-state index < -0.39 is 16.1 Å². The molecule has 0 unspecified atom stereocenters. The second-order valence-electron chi connectivity index (χ2n) is 8.74. The summed E-state index contributed by atoms with van der Waals surface area (Å²) in [5.41, 5.74) is 1.09. The van der Waals surface area contributed by atoms with Crippen molar-refractivity contribution in [1.29, 1.82) is 0 Å². The lowest BCUT2D eigenvalue weighted by molar-refractivity contribution is -0.141. The minimum absolute atomic E-state index is 0.0226. The van der Waals surface area contributed by atoms with Crippen LogP contribution >= 0.6 is 34.8 Å². The molecule has 0 fully saturated rings. The second-order valence-corrected chi connectivity index (χ2v) is 11.9. The maximum atomic E-state index is 13.5. The van der Waals surface area contributed by atoms with Gasteiger partial charge in [-0.2, -0.15) is 0 Å². The maximum Gasteiger partial charge on any atom is 0.242 e. The number of rotatable bonds is 14. The molecule has 1 N–H and O–H groups in total. The number of carbonyl (C=O) groups excluding carboxylic acids is 2. The number of anilines is 1. The summed E-state index contributed by atoms with van der Waals surface area (Å²) >= 11 is 18.4. The number of benzene rings is 2. The number of amides is 2. The minimum Gasteiger partial charge on any atom is -0.495 e. The highest BCUT2D eigenvalue weighted by Crippen LogP contribution is 2.30. The smallest absolute Gasteiger partial charge is 0.242 e. The maximum absolute atomic E-state index is 13.5. The first-order valence-corrected chi connectivity index (χ1v) is 15.2. The Labute approximate surface area is 240 Å². The zero-order chi connectivity index (χ0) is 28.5. The second kappa shape index (κ2) is 14.8. The van der Waals surface area contributed by atoms with Crippen LogP contribution in [0.3, 0.4) is 0 Å². The van der Waals surface area contributed by atoms with Gasteiger partial charge in [-0.1, -0.05) is 54.7 Å². The lowest BCUT2D eigenvalue weighted by Gasteiger charge is -2.31. The van der Waals surface area contributed by atoms with Crippen molar-refractivity contribution in [1.82, 2.24) is 10.2 Å². The summed E-state index contributed by atoms with van der Waals surface area (Å²) in [4.78, 5) is 27.9. The summed E-state index contributed by atoms with van der Waals surface area (Å²) in [6.07, 6.45) is 2.51. The highest BCUT2D eigenvalue weighted by atomic mass is 35.5. The number of hydrogen-bond acceptors (Lipinski definition) is 5. The predicted molar refractivity (Wildman–Crippen MR) is 154 cm³/mol. The summed E-state index contributed by atoms with van der Waals surface area (Å²) in [6.45, 7) is 4.48. The molecule has 0 aliphatic carbocycles. The van der Waals surface area contributed by atoms with E-state index in [-0.39, 0.29) is 42.8 Å². The van der Waals surface area contributed by atoms with Crippen molar-refractivity contribution in [2.24, 2.45) is 0 Å². The van der Waals surface area contributed by atoms with Gasteiger partial charge < -0.3 is 15.0 Å². The fraction of sp³-hybridized carbons (Fsp3) is 0.462. The minimum atomic E-state index is -3.66. The van der Waals surface area contributed by atoms with E-state index in [9.17, 15) is 18.0 Å². The van der Waals surface area contributed by atoms with E-state index in [0.717, 1.165) is 18.2 Å². The van der Waals surface area contributed by atoms with Crippen molar-refractivity contribution in [3.63, 3.8) is 0 Å². The van der Waals surface area contributed by atoms with Crippen LogP contribution < -0.4 is 14.4 Å². The van der Waals surface area contributed by atoms with Gasteiger partial charge in [0.2, 0.25) is 21.8 Å². The molecule has 210 valence electrons. The third kappa shape index (κ3) is 8.93. The Bertz CT molecular complexity index is 1230. The number of hydrogen-bond donors (Lipinski definition) is 1. The van der Waals surface area contributed by atoms with Crippen molar-refractivity contribution >= 4 is 62.3 Å². The lowest BCUT2D eigenvalue weighted by atomic mass is 10.1. The molecule has 0 aliphatic heterocycles. The summed E-state index contributed by atoms with van der Waals surface area (Å²) in [7, 11) is -2.19. The molecule has 0 heterocycles. The van der Waals surface area contributed by atoms with Crippen LogP contribution in [0.5, 0.6) is 5.75 Å². The number of ether oxygens (including phenoxy) is 1. The third-order valence-corrected chi connectivity index (χ3v) is 8.08. The largest absolute Gasteiger partial charge is 0.495 e. The highest BCUT2D eigenvalue weighted by Gasteiger charge is 2.29. The number of methoxy groups -OCH3 is 1. The van der Waals surface area contributed by atoms with Gasteiger partial charge >= 0.3 is 0 Å². The fourth-order valence-electron chi connectivity index (χ4n) is 3.93. The van der Waals surface area contributed by atoms with Gasteiger partial charge in [-0.05, 0) is 55.2 Å². The summed E-state index contributed by atoms with van der Waals surface area (Å²) in [6, 6.07) is 9.05. The van der Waals surface area contributed by atoms with Crippen molar-refractivity contribution in [2.75, 3.05) is 30.8 Å². The van der Waals surface area contributed by atoms with Gasteiger partial charge in [-0.15, -0.1) is 0 Å². The number of halogens is 3. The first kappa shape index (κ1) is 32.0. The molecule has 0 saturated heterocycles. The topological polar surface area (TPSA) is 96.0 Å². The Hall–Kier alpha value is -2.20. The van der Waals surface area contributed by atoms with Crippen molar-refractivity contribution in [3.8, 4) is 5.75 Å². The van der Waals surface area contributed by atoms with E-state index in [1.165, 1.54) is 22.4 Å². The molecule has 0 bridgehead atoms. The monoisotopic (exact) mass is 605 g/mol. The van der Waals surface area contributed by atoms with Gasteiger partial charge in [0.15, 0.2) is 0 Å². The van der Waals surface area contributed by atoms with Crippen molar-refractivity contribution in [3.05, 3.63) is 57.0 Å². The predicted octanol–water partition coefficient (Wildman–Crippen LogP) is 5.54. The van der Waals surface area contributed by atoms with Crippen LogP contribution in [-0.4, -0.2) is 57.6 Å². The quantitative estimate of drug-likeness (QED) is 0.305. The van der Waals surface area contributed by atoms with Crippen LogP contribution in [0.1, 0.15) is 45.1 Å². The van der Waals surface area contributed by atoms with Crippen LogP contribution in [0, 0.1) is 0 Å². The van der Waals surface area contributed by atoms with Crippen LogP contribution in [-0.2, 0) is 26.2 Å². The highest BCUT2D eigenvalue weighted by molar-refractivity contribution is 7.92. The molecular weight excluding hydrogens is 573 g/mol. The number of nitrogens with one attached hydrogen (secondary N) is 1. The normalized spacial score (nSPS) is 12.1. The van der Waals surface area contributed by atoms with E-state index >= 15 is 0 Å². The van der Waals surface area contributed by atoms with Gasteiger partial charge in [0, 0.05) is 26.1 Å². The third-order valence-electron chi connectivity index (χ3n) is 5.85. The van der Waals surface area contributed by atoms with E-state index in [1.807, 2.05) is 13.8 Å². The Morgan fingerprint density at radius 1 is 1.03 bits per heavy atom. The van der Waals surface area contributed by atoms with Gasteiger partial charge in [0.25, 0.3) is 0 Å². The summed E-state index contributed by atoms with van der Waals surface area (Å²) in [5, 5.41) is 3.87. The molecule has 0 aromatic heterocycles. The molecule has 8 nitrogen and oxygen atoms in total. The first-order chi connectivity index (χ1) is 17.9. The average molecular weight is 607 g/mol. The van der Waals surface area contributed by atoms with Crippen LogP contribution in [0.25, 0.3) is 0 Å². The standard InChI is InChI=1S/C26H34Cl3N3O5S/c1-5-13-30-26(34)23(6-2)31(17-18-9-11-20(27)21(28)15-18)25(33)8-7-14-32(38(4,35)36)19-10-12-24(37-3)22(29)16-19/h9-12,15-16,23H,5-8,13-14,17H2,1-4H3,(H,30,34)/t23-/m0/s1. The first-order valence-electron chi connectivity index (χ1n) is 12.2. The summed E-state index contributed by atoms with van der Waals surface area (Å²) in [5.74, 6) is -0.104. The molecule has 38 heavy (non-hydrogen) atoms. The van der Waals surface area contributed by atoms with E-state index in [2.05, 4.69) is 5.32 Å². The Morgan fingerprint density at radius 2 is 1.74 bits per heavy atom. The van der Waals surface area contributed by atoms with Crippen LogP contribution in [0.15, 0.2) is 36.4 Å². The molecule has 0 aliphatic rings. The van der Waals surface area contributed by atoms with Crippen molar-refractivity contribution < 1.29 is 22.7 Å². The zero-order valence-corrected chi connectivity index (χ0v) is 25.1. The molecule has 2 aromatic rings. The van der Waals surface area contributed by atoms with E-state index in [0.29, 0.717) is 34.4 Å². The molecule has 2 aromatic carbocycles. The Kier molecular flexibility index (Phi) is 12.5. The molecule has 12 heteroatoms. The molecule has 0 spiro atoms. The van der Waals surface area contributed by atoms with E-state index in [4.69, 9.17) is 39.5 Å². The number of carbonyl (C=O) groups is 2. The van der Waals surface area contributed by atoms with Gasteiger partial charge in [-0.25, -0.2) is 8.42 Å². The van der Waals surface area contributed by atoms with E-state index in [1.54, 1.807) is 30.3 Å². The molecule has 0 saturated carbocycles. The number of sulfonamides is 1. The van der Waals surface area contributed by atoms with Crippen molar-refractivity contribution in [2.45, 2.75) is 52.1 Å². The molecular formula is C26H34Cl3N3O5S. The zero-order valence-electron chi connectivity index (χ0n) is 22.0. The number of nitrogens with zero attached hydrogens (tertiary/aromatic N) is 2. The molecule has 2 amide bonds. The molecule has 2 rings (SSSR count). The van der Waals surface area contributed by atoms with Gasteiger partial charge in [0.05, 0.1) is 34.1 Å². The van der Waals surface area contributed by atoms with Gasteiger partial charge in [0.1, 0.15) is 11.8 Å². The molecule has 0 radical (unpaired) electrons. The Morgan fingerprint density at radius 3 is 2.29 bits per heavy atom. The Balaban J connectivity index is 2.25. The van der Waals surface area contributed by atoms with Crippen LogP contribution in [0.4, 0.5) is 5.69 Å². The van der Waals surface area contributed by atoms with Crippen LogP contribution in [0.2, 0.25) is 15.1 Å². The average Bonchev–Trinajstić information content (AvgIpc) is 2.86. The SMILES string of the molecule is CCCNC(=O)[C@H](CC)N(Cc1ccc(Cl)c(Cl)c1)C(=O)CCCN(c1ccc(OC)c(Cl)c1)S(C)(=O)=O. The molecule has 1 atom stereocenters. The fourth-order valence-corrected chi connectivity index (χ4v) is 5.46.